The molecular weight excluding hydrogens is 260 g/mol. The molecule has 2 aromatic rings. The molecule has 0 aromatic heterocycles. The summed E-state index contributed by atoms with van der Waals surface area (Å²) in [5, 5.41) is 9.18. The monoisotopic (exact) mass is 280 g/mol. The van der Waals surface area contributed by atoms with Gasteiger partial charge in [0.25, 0.3) is 0 Å². The molecule has 108 valence electrons. The zero-order valence-electron chi connectivity index (χ0n) is 12.8. The number of hydrogen-bond donors (Lipinski definition) is 0. The Morgan fingerprint density at radius 2 is 1.95 bits per heavy atom. The van der Waals surface area contributed by atoms with Crippen molar-refractivity contribution in [2.24, 2.45) is 0 Å². The zero-order chi connectivity index (χ0) is 15.2. The highest BCUT2D eigenvalue weighted by molar-refractivity contribution is 5.54. The number of aryl methyl sites for hydroxylation is 1. The first-order chi connectivity index (χ1) is 10.2. The Balaban J connectivity index is 2.28. The summed E-state index contributed by atoms with van der Waals surface area (Å²) in [5.74, 6) is 0.625. The van der Waals surface area contributed by atoms with E-state index in [1.165, 1.54) is 11.3 Å². The van der Waals surface area contributed by atoms with Crippen LogP contribution < -0.4 is 9.64 Å². The normalized spacial score (nSPS) is 10.0. The molecule has 0 spiro atoms. The Kier molecular flexibility index (Phi) is 4.84. The number of hydrogen-bond acceptors (Lipinski definition) is 3. The van der Waals surface area contributed by atoms with Gasteiger partial charge in [0.2, 0.25) is 0 Å². The van der Waals surface area contributed by atoms with Crippen LogP contribution >= 0.6 is 0 Å². The van der Waals surface area contributed by atoms with E-state index in [4.69, 9.17) is 4.74 Å². The van der Waals surface area contributed by atoms with Crippen molar-refractivity contribution >= 4 is 5.69 Å². The minimum atomic E-state index is 0.579. The molecule has 2 rings (SSSR count). The summed E-state index contributed by atoms with van der Waals surface area (Å²) in [5.41, 5.74) is 4.18. The first-order valence-electron chi connectivity index (χ1n) is 7.07. The van der Waals surface area contributed by atoms with Gasteiger partial charge in [-0.2, -0.15) is 5.26 Å². The molecule has 0 fully saturated rings. The highest BCUT2D eigenvalue weighted by Crippen LogP contribution is 2.24. The average Bonchev–Trinajstić information content (AvgIpc) is 2.53. The van der Waals surface area contributed by atoms with Gasteiger partial charge in [-0.05, 0) is 43.2 Å². The maximum absolute atomic E-state index is 9.18. The third-order valence-electron chi connectivity index (χ3n) is 3.60. The van der Waals surface area contributed by atoms with Crippen molar-refractivity contribution in [3.8, 4) is 11.8 Å². The van der Waals surface area contributed by atoms with Crippen molar-refractivity contribution in [3.05, 3.63) is 59.2 Å². The summed E-state index contributed by atoms with van der Waals surface area (Å²) < 4.78 is 5.19. The number of nitrogens with zero attached hydrogens (tertiary/aromatic N) is 2. The van der Waals surface area contributed by atoms with Crippen molar-refractivity contribution in [1.29, 1.82) is 5.26 Å². The van der Waals surface area contributed by atoms with Crippen LogP contribution in [0.1, 0.15) is 23.6 Å². The van der Waals surface area contributed by atoms with Gasteiger partial charge in [-0.3, -0.25) is 0 Å². The molecule has 0 unspecified atom stereocenters. The van der Waals surface area contributed by atoms with E-state index < -0.39 is 0 Å². The van der Waals surface area contributed by atoms with Gasteiger partial charge in [0, 0.05) is 18.8 Å². The van der Waals surface area contributed by atoms with Crippen LogP contribution in [0.5, 0.6) is 5.75 Å². The van der Waals surface area contributed by atoms with E-state index in [0.29, 0.717) is 11.3 Å². The number of ether oxygens (including phenoxy) is 1. The lowest BCUT2D eigenvalue weighted by Gasteiger charge is -2.25. The van der Waals surface area contributed by atoms with Gasteiger partial charge in [0.1, 0.15) is 11.8 Å². The van der Waals surface area contributed by atoms with E-state index in [1.807, 2.05) is 24.3 Å². The topological polar surface area (TPSA) is 36.3 Å². The SMILES string of the molecule is CCN(Cc1ccc(OC)c(C#N)c1)c1ccccc1C. The molecule has 0 radical (unpaired) electrons. The van der Waals surface area contributed by atoms with Gasteiger partial charge in [-0.25, -0.2) is 0 Å². The van der Waals surface area contributed by atoms with Crippen LogP contribution in [0.15, 0.2) is 42.5 Å². The molecule has 0 aliphatic carbocycles. The van der Waals surface area contributed by atoms with Crippen molar-refractivity contribution < 1.29 is 4.74 Å². The number of para-hydroxylation sites is 1. The van der Waals surface area contributed by atoms with E-state index >= 15 is 0 Å². The Hall–Kier alpha value is -2.47. The molecule has 0 saturated heterocycles. The Morgan fingerprint density at radius 3 is 2.57 bits per heavy atom. The summed E-state index contributed by atoms with van der Waals surface area (Å²) >= 11 is 0. The molecule has 0 aliphatic rings. The van der Waals surface area contributed by atoms with E-state index in [1.54, 1.807) is 7.11 Å². The maximum Gasteiger partial charge on any atom is 0.136 e. The van der Waals surface area contributed by atoms with Crippen LogP contribution in [0.4, 0.5) is 5.69 Å². The predicted molar refractivity (Wildman–Crippen MR) is 85.6 cm³/mol. The second-order valence-corrected chi connectivity index (χ2v) is 4.95. The number of anilines is 1. The fraction of sp³-hybridized carbons (Fsp3) is 0.278. The summed E-state index contributed by atoms with van der Waals surface area (Å²) in [7, 11) is 1.58. The average molecular weight is 280 g/mol. The molecule has 3 nitrogen and oxygen atoms in total. The van der Waals surface area contributed by atoms with E-state index in [9.17, 15) is 5.26 Å². The predicted octanol–water partition coefficient (Wildman–Crippen LogP) is 3.90. The highest BCUT2D eigenvalue weighted by Gasteiger charge is 2.10. The van der Waals surface area contributed by atoms with Gasteiger partial charge in [0.15, 0.2) is 0 Å². The van der Waals surface area contributed by atoms with Gasteiger partial charge in [-0.1, -0.05) is 24.3 Å². The summed E-state index contributed by atoms with van der Waals surface area (Å²) in [6.45, 7) is 5.95. The Morgan fingerprint density at radius 1 is 1.19 bits per heavy atom. The molecular formula is C18H20N2O. The standard InChI is InChI=1S/C18H20N2O/c1-4-20(17-8-6-5-7-14(17)2)13-15-9-10-18(21-3)16(11-15)12-19/h5-11H,4,13H2,1-3H3. The van der Waals surface area contributed by atoms with Crippen molar-refractivity contribution in [3.63, 3.8) is 0 Å². The van der Waals surface area contributed by atoms with Gasteiger partial charge >= 0.3 is 0 Å². The van der Waals surface area contributed by atoms with Gasteiger partial charge in [-0.15, -0.1) is 0 Å². The van der Waals surface area contributed by atoms with Crippen LogP contribution in [-0.2, 0) is 6.54 Å². The number of nitriles is 1. The first kappa shape index (κ1) is 14.9. The van der Waals surface area contributed by atoms with Gasteiger partial charge < -0.3 is 9.64 Å². The number of rotatable bonds is 5. The lowest BCUT2D eigenvalue weighted by atomic mass is 10.1. The van der Waals surface area contributed by atoms with Crippen LogP contribution in [0.25, 0.3) is 0 Å². The smallest absolute Gasteiger partial charge is 0.136 e. The minimum absolute atomic E-state index is 0.579. The number of methoxy groups -OCH3 is 1. The third-order valence-corrected chi connectivity index (χ3v) is 3.60. The van der Waals surface area contributed by atoms with E-state index in [-0.39, 0.29) is 0 Å². The summed E-state index contributed by atoms with van der Waals surface area (Å²) in [6.07, 6.45) is 0. The zero-order valence-corrected chi connectivity index (χ0v) is 12.8. The Bertz CT molecular complexity index is 659. The lowest BCUT2D eigenvalue weighted by Crippen LogP contribution is -2.22. The lowest BCUT2D eigenvalue weighted by molar-refractivity contribution is 0.413. The molecule has 2 aromatic carbocycles. The van der Waals surface area contributed by atoms with Crippen molar-refractivity contribution in [1.82, 2.24) is 0 Å². The molecule has 0 bridgehead atoms. The molecule has 0 N–H and O–H groups in total. The van der Waals surface area contributed by atoms with E-state index in [2.05, 4.69) is 43.0 Å². The second kappa shape index (κ2) is 6.81. The fourth-order valence-electron chi connectivity index (χ4n) is 2.45. The van der Waals surface area contributed by atoms with Crippen molar-refractivity contribution in [2.75, 3.05) is 18.6 Å². The van der Waals surface area contributed by atoms with Crippen LogP contribution in [-0.4, -0.2) is 13.7 Å². The minimum Gasteiger partial charge on any atom is -0.495 e. The fourth-order valence-corrected chi connectivity index (χ4v) is 2.45. The molecule has 0 heterocycles. The largest absolute Gasteiger partial charge is 0.495 e. The van der Waals surface area contributed by atoms with Crippen LogP contribution in [0.3, 0.4) is 0 Å². The number of benzene rings is 2. The molecule has 0 saturated carbocycles. The molecule has 0 atom stereocenters. The van der Waals surface area contributed by atoms with Crippen LogP contribution in [0, 0.1) is 18.3 Å². The molecule has 0 amide bonds. The quantitative estimate of drug-likeness (QED) is 0.833. The first-order valence-corrected chi connectivity index (χ1v) is 7.07. The third kappa shape index (κ3) is 3.35. The van der Waals surface area contributed by atoms with Crippen LogP contribution in [0.2, 0.25) is 0 Å². The molecule has 3 heteroatoms. The molecule has 21 heavy (non-hydrogen) atoms. The Labute approximate surface area is 126 Å². The van der Waals surface area contributed by atoms with Crippen molar-refractivity contribution in [2.45, 2.75) is 20.4 Å². The summed E-state index contributed by atoms with van der Waals surface area (Å²) in [4.78, 5) is 2.30. The second-order valence-electron chi connectivity index (χ2n) is 4.95. The maximum atomic E-state index is 9.18. The van der Waals surface area contributed by atoms with Gasteiger partial charge in [0.05, 0.1) is 12.7 Å². The summed E-state index contributed by atoms with van der Waals surface area (Å²) in [6, 6.07) is 16.3. The molecule has 0 aliphatic heterocycles. The highest BCUT2D eigenvalue weighted by atomic mass is 16.5. The van der Waals surface area contributed by atoms with E-state index in [0.717, 1.165) is 18.7 Å².